The largest absolute Gasteiger partial charge is 0.447 e. The van der Waals surface area contributed by atoms with Crippen molar-refractivity contribution in [2.45, 2.75) is 25.7 Å². The van der Waals surface area contributed by atoms with Crippen molar-refractivity contribution in [2.75, 3.05) is 29.9 Å². The Morgan fingerprint density at radius 2 is 1.75 bits per heavy atom. The highest BCUT2D eigenvalue weighted by Crippen LogP contribution is 2.25. The second-order valence-corrected chi connectivity index (χ2v) is 10.1. The van der Waals surface area contributed by atoms with Gasteiger partial charge in [0.2, 0.25) is 9.84 Å². The minimum absolute atomic E-state index is 0.0867. The number of rotatable bonds is 9. The van der Waals surface area contributed by atoms with E-state index in [4.69, 9.17) is 4.74 Å². The minimum atomic E-state index is -3.92. The number of hydrogen-bond donors (Lipinski definition) is 1. The molecule has 0 fully saturated rings. The van der Waals surface area contributed by atoms with E-state index in [1.54, 1.807) is 30.3 Å². The van der Waals surface area contributed by atoms with E-state index in [1.165, 1.54) is 18.2 Å². The Hall–Kier alpha value is -4.09. The van der Waals surface area contributed by atoms with E-state index in [2.05, 4.69) is 5.32 Å². The molecule has 0 aliphatic carbocycles. The molecule has 0 saturated heterocycles. The summed E-state index contributed by atoms with van der Waals surface area (Å²) in [6, 6.07) is 22.9. The van der Waals surface area contributed by atoms with E-state index in [0.29, 0.717) is 24.3 Å². The first-order valence-corrected chi connectivity index (χ1v) is 13.0. The lowest BCUT2D eigenvalue weighted by Crippen LogP contribution is -2.29. The zero-order valence-corrected chi connectivity index (χ0v) is 21.4. The molecule has 0 unspecified atom stereocenters. The van der Waals surface area contributed by atoms with E-state index >= 15 is 0 Å². The average Bonchev–Trinajstić information content (AvgIpc) is 2.86. The molecule has 3 aromatic carbocycles. The number of benzene rings is 3. The van der Waals surface area contributed by atoms with Crippen LogP contribution in [0, 0.1) is 25.2 Å². The molecule has 0 saturated carbocycles. The summed E-state index contributed by atoms with van der Waals surface area (Å²) < 4.78 is 31.2. The van der Waals surface area contributed by atoms with Crippen molar-refractivity contribution in [3.05, 3.63) is 94.4 Å². The molecule has 7 nitrogen and oxygen atoms in total. The van der Waals surface area contributed by atoms with Crippen molar-refractivity contribution in [3.8, 4) is 6.07 Å². The first-order chi connectivity index (χ1) is 17.2. The van der Waals surface area contributed by atoms with E-state index in [-0.39, 0.29) is 16.4 Å². The van der Waals surface area contributed by atoms with E-state index in [1.807, 2.05) is 62.1 Å². The standard InChI is InChI=1S/C28H29N3O4S/c1-4-31(16-17-35-28(32)30-24-8-6-5-7-9-24)25-13-12-23(22(3)18-25)19-27(20-29)36(33,34)26-14-10-21(2)11-15-26/h5-15,18-19H,4,16-17H2,1-3H3,(H,30,32). The lowest BCUT2D eigenvalue weighted by Gasteiger charge is -2.23. The summed E-state index contributed by atoms with van der Waals surface area (Å²) in [4.78, 5) is 13.8. The van der Waals surface area contributed by atoms with Gasteiger partial charge < -0.3 is 9.64 Å². The van der Waals surface area contributed by atoms with Crippen LogP contribution in [0.15, 0.2) is 82.6 Å². The number of carbonyl (C=O) groups excluding carboxylic acids is 1. The number of para-hydroxylation sites is 1. The quantitative estimate of drug-likeness (QED) is 0.375. The molecule has 186 valence electrons. The molecule has 3 rings (SSSR count). The summed E-state index contributed by atoms with van der Waals surface area (Å²) >= 11 is 0. The number of nitrogens with one attached hydrogen (secondary N) is 1. The lowest BCUT2D eigenvalue weighted by atomic mass is 10.1. The number of nitriles is 1. The first-order valence-electron chi connectivity index (χ1n) is 11.5. The monoisotopic (exact) mass is 503 g/mol. The number of carbonyl (C=O) groups is 1. The third kappa shape index (κ3) is 6.74. The van der Waals surface area contributed by atoms with Crippen molar-refractivity contribution < 1.29 is 17.9 Å². The first kappa shape index (κ1) is 26.5. The Labute approximate surface area is 212 Å². The van der Waals surface area contributed by atoms with Crippen LogP contribution in [0.3, 0.4) is 0 Å². The van der Waals surface area contributed by atoms with Crippen molar-refractivity contribution in [1.82, 2.24) is 0 Å². The van der Waals surface area contributed by atoms with Gasteiger partial charge in [0, 0.05) is 17.9 Å². The van der Waals surface area contributed by atoms with Crippen LogP contribution >= 0.6 is 0 Å². The molecule has 36 heavy (non-hydrogen) atoms. The number of sulfone groups is 1. The van der Waals surface area contributed by atoms with Crippen LogP contribution in [-0.4, -0.2) is 34.2 Å². The zero-order chi connectivity index (χ0) is 26.1. The number of aryl methyl sites for hydroxylation is 2. The zero-order valence-electron chi connectivity index (χ0n) is 20.6. The van der Waals surface area contributed by atoms with E-state index in [9.17, 15) is 18.5 Å². The van der Waals surface area contributed by atoms with Gasteiger partial charge in [0.1, 0.15) is 17.6 Å². The maximum absolute atomic E-state index is 13.0. The molecule has 0 spiro atoms. The van der Waals surface area contributed by atoms with Crippen molar-refractivity contribution >= 4 is 33.4 Å². The molecule has 0 heterocycles. The van der Waals surface area contributed by atoms with Crippen LogP contribution in [-0.2, 0) is 14.6 Å². The van der Waals surface area contributed by atoms with Crippen LogP contribution in [0.2, 0.25) is 0 Å². The normalized spacial score (nSPS) is 11.4. The fraction of sp³-hybridized carbons (Fsp3) is 0.214. The highest BCUT2D eigenvalue weighted by molar-refractivity contribution is 7.95. The van der Waals surface area contributed by atoms with E-state index in [0.717, 1.165) is 16.8 Å². The summed E-state index contributed by atoms with van der Waals surface area (Å²) in [6.45, 7) is 7.09. The molecule has 8 heteroatoms. The fourth-order valence-corrected chi connectivity index (χ4v) is 4.72. The number of hydrogen-bond acceptors (Lipinski definition) is 6. The highest BCUT2D eigenvalue weighted by Gasteiger charge is 2.21. The van der Waals surface area contributed by atoms with Crippen molar-refractivity contribution in [3.63, 3.8) is 0 Å². The predicted molar refractivity (Wildman–Crippen MR) is 142 cm³/mol. The predicted octanol–water partition coefficient (Wildman–Crippen LogP) is 5.72. The van der Waals surface area contributed by atoms with Crippen LogP contribution in [0.5, 0.6) is 0 Å². The Balaban J connectivity index is 1.69. The maximum atomic E-state index is 13.0. The van der Waals surface area contributed by atoms with E-state index < -0.39 is 15.9 Å². The topological polar surface area (TPSA) is 99.5 Å². The van der Waals surface area contributed by atoms with Gasteiger partial charge in [0.25, 0.3) is 0 Å². The summed E-state index contributed by atoms with van der Waals surface area (Å²) in [5.41, 5.74) is 3.96. The third-order valence-corrected chi connectivity index (χ3v) is 7.31. The Morgan fingerprint density at radius 3 is 2.36 bits per heavy atom. The fourth-order valence-electron chi connectivity index (χ4n) is 3.57. The minimum Gasteiger partial charge on any atom is -0.447 e. The number of allylic oxidation sites excluding steroid dienone is 1. The summed E-state index contributed by atoms with van der Waals surface area (Å²) in [6.07, 6.45) is 0.884. The number of anilines is 2. The number of nitrogens with zero attached hydrogens (tertiary/aromatic N) is 2. The number of amides is 1. The summed E-state index contributed by atoms with van der Waals surface area (Å²) in [7, 11) is -3.92. The molecule has 1 amide bonds. The van der Waals surface area contributed by atoms with Gasteiger partial charge in [-0.25, -0.2) is 13.2 Å². The molecule has 0 bridgehead atoms. The maximum Gasteiger partial charge on any atom is 0.411 e. The molecular formula is C28H29N3O4S. The lowest BCUT2D eigenvalue weighted by molar-refractivity contribution is 0.164. The van der Waals surface area contributed by atoms with Gasteiger partial charge in [0.05, 0.1) is 11.4 Å². The molecule has 1 N–H and O–H groups in total. The van der Waals surface area contributed by atoms with Gasteiger partial charge in [-0.1, -0.05) is 42.0 Å². The second-order valence-electron chi connectivity index (χ2n) is 8.18. The Bertz CT molecular complexity index is 1380. The smallest absolute Gasteiger partial charge is 0.411 e. The van der Waals surface area contributed by atoms with Gasteiger partial charge in [-0.05, 0) is 74.4 Å². The van der Waals surface area contributed by atoms with Gasteiger partial charge in [-0.2, -0.15) is 5.26 Å². The molecule has 0 aliphatic heterocycles. The Morgan fingerprint density at radius 1 is 1.06 bits per heavy atom. The molecule has 0 radical (unpaired) electrons. The SMILES string of the molecule is CCN(CCOC(=O)Nc1ccccc1)c1ccc(C=C(C#N)S(=O)(=O)c2ccc(C)cc2)c(C)c1. The van der Waals surface area contributed by atoms with Crippen molar-refractivity contribution in [1.29, 1.82) is 5.26 Å². The molecule has 0 aliphatic rings. The molecular weight excluding hydrogens is 474 g/mol. The van der Waals surface area contributed by atoms with Gasteiger partial charge in [-0.15, -0.1) is 0 Å². The third-order valence-electron chi connectivity index (χ3n) is 5.63. The van der Waals surface area contributed by atoms with Crippen LogP contribution in [0.4, 0.5) is 16.2 Å². The van der Waals surface area contributed by atoms with Gasteiger partial charge in [0.15, 0.2) is 0 Å². The van der Waals surface area contributed by atoms with Crippen LogP contribution in [0.25, 0.3) is 6.08 Å². The molecule has 3 aromatic rings. The Kier molecular flexibility index (Phi) is 8.87. The van der Waals surface area contributed by atoms with Gasteiger partial charge >= 0.3 is 6.09 Å². The number of likely N-dealkylation sites (N-methyl/N-ethyl adjacent to an activating group) is 1. The van der Waals surface area contributed by atoms with Gasteiger partial charge in [-0.3, -0.25) is 5.32 Å². The molecule has 0 aromatic heterocycles. The average molecular weight is 504 g/mol. The molecule has 0 atom stereocenters. The van der Waals surface area contributed by atoms with Crippen molar-refractivity contribution in [2.24, 2.45) is 0 Å². The second kappa shape index (κ2) is 12.0. The van der Waals surface area contributed by atoms with Crippen LogP contribution < -0.4 is 10.2 Å². The summed E-state index contributed by atoms with van der Waals surface area (Å²) in [5.74, 6) is 0. The highest BCUT2D eigenvalue weighted by atomic mass is 32.2. The van der Waals surface area contributed by atoms with Crippen LogP contribution in [0.1, 0.15) is 23.6 Å². The summed E-state index contributed by atoms with van der Waals surface area (Å²) in [5, 5.41) is 12.3. The number of ether oxygens (including phenoxy) is 1.